The van der Waals surface area contributed by atoms with Gasteiger partial charge in [-0.05, 0) is 11.5 Å². The zero-order valence-corrected chi connectivity index (χ0v) is 12.0. The molecule has 0 aliphatic carbocycles. The second-order valence-corrected chi connectivity index (χ2v) is 5.90. The molecule has 17 heavy (non-hydrogen) atoms. The topological polar surface area (TPSA) is 52.3 Å². The first-order chi connectivity index (χ1) is 7.82. The Labute approximate surface area is 110 Å². The summed E-state index contributed by atoms with van der Waals surface area (Å²) in [5, 5.41) is 0. The van der Waals surface area contributed by atoms with E-state index in [9.17, 15) is 4.79 Å². The highest BCUT2D eigenvalue weighted by Gasteiger charge is 2.28. The van der Waals surface area contributed by atoms with Crippen molar-refractivity contribution in [1.29, 1.82) is 0 Å². The maximum Gasteiger partial charge on any atom is 0.323 e. The Hall–Kier alpha value is -0.870. The summed E-state index contributed by atoms with van der Waals surface area (Å²) >= 11 is 3.40. The van der Waals surface area contributed by atoms with Crippen LogP contribution in [0.2, 0.25) is 0 Å². The Morgan fingerprint density at radius 3 is 2.53 bits per heavy atom. The van der Waals surface area contributed by atoms with Gasteiger partial charge in [-0.2, -0.15) is 0 Å². The van der Waals surface area contributed by atoms with Crippen molar-refractivity contribution in [3.8, 4) is 0 Å². The Kier molecular flexibility index (Phi) is 4.71. The second kappa shape index (κ2) is 5.65. The van der Waals surface area contributed by atoms with Crippen LogP contribution in [-0.2, 0) is 16.1 Å². The Bertz CT molecular complexity index is 399. The van der Waals surface area contributed by atoms with E-state index in [0.717, 1.165) is 10.0 Å². The predicted octanol–water partition coefficient (Wildman–Crippen LogP) is 2.87. The quantitative estimate of drug-likeness (QED) is 0.873. The molecule has 4 heteroatoms. The third-order valence-electron chi connectivity index (χ3n) is 2.51. The van der Waals surface area contributed by atoms with E-state index in [1.54, 1.807) is 0 Å². The predicted molar refractivity (Wildman–Crippen MR) is 71.4 cm³/mol. The van der Waals surface area contributed by atoms with Crippen LogP contribution >= 0.6 is 15.9 Å². The Morgan fingerprint density at radius 2 is 2.00 bits per heavy atom. The van der Waals surface area contributed by atoms with Crippen molar-refractivity contribution < 1.29 is 9.53 Å². The molecule has 0 heterocycles. The SMILES string of the molecule is CC(C)(C)[C@@H](N)C(=O)OCc1ccccc1Br. The first kappa shape index (κ1) is 14.2. The fraction of sp³-hybridized carbons (Fsp3) is 0.462. The third-order valence-corrected chi connectivity index (χ3v) is 3.29. The van der Waals surface area contributed by atoms with Crippen molar-refractivity contribution in [2.45, 2.75) is 33.4 Å². The summed E-state index contributed by atoms with van der Waals surface area (Å²) in [7, 11) is 0. The highest BCUT2D eigenvalue weighted by molar-refractivity contribution is 9.10. The molecular formula is C13H18BrNO2. The van der Waals surface area contributed by atoms with Gasteiger partial charge in [0.05, 0.1) is 0 Å². The van der Waals surface area contributed by atoms with Crippen LogP contribution in [0.3, 0.4) is 0 Å². The molecule has 1 rings (SSSR count). The van der Waals surface area contributed by atoms with Gasteiger partial charge >= 0.3 is 5.97 Å². The number of rotatable bonds is 3. The van der Waals surface area contributed by atoms with E-state index in [1.807, 2.05) is 45.0 Å². The van der Waals surface area contributed by atoms with Gasteiger partial charge in [0, 0.05) is 10.0 Å². The summed E-state index contributed by atoms with van der Waals surface area (Å²) in [5.41, 5.74) is 6.46. The molecule has 94 valence electrons. The minimum absolute atomic E-state index is 0.240. The zero-order valence-electron chi connectivity index (χ0n) is 10.4. The monoisotopic (exact) mass is 299 g/mol. The molecule has 2 N–H and O–H groups in total. The maximum atomic E-state index is 11.7. The van der Waals surface area contributed by atoms with Crippen LogP contribution in [0.4, 0.5) is 0 Å². The summed E-state index contributed by atoms with van der Waals surface area (Å²) in [6, 6.07) is 7.02. The first-order valence-electron chi connectivity index (χ1n) is 5.48. The number of ether oxygens (including phenoxy) is 1. The van der Waals surface area contributed by atoms with Gasteiger partial charge in [0.1, 0.15) is 12.6 Å². The molecule has 0 unspecified atom stereocenters. The molecule has 3 nitrogen and oxygen atoms in total. The van der Waals surface area contributed by atoms with Crippen molar-refractivity contribution in [3.05, 3.63) is 34.3 Å². The van der Waals surface area contributed by atoms with E-state index in [4.69, 9.17) is 10.5 Å². The molecule has 1 atom stereocenters. The smallest absolute Gasteiger partial charge is 0.323 e. The van der Waals surface area contributed by atoms with E-state index in [0.29, 0.717) is 0 Å². The average molecular weight is 300 g/mol. The number of hydrogen-bond donors (Lipinski definition) is 1. The lowest BCUT2D eigenvalue weighted by atomic mass is 9.87. The summed E-state index contributed by atoms with van der Waals surface area (Å²) in [6.45, 7) is 5.98. The molecule has 0 saturated carbocycles. The Balaban J connectivity index is 2.58. The Morgan fingerprint density at radius 1 is 1.41 bits per heavy atom. The maximum absolute atomic E-state index is 11.7. The molecule has 0 radical (unpaired) electrons. The number of hydrogen-bond acceptors (Lipinski definition) is 3. The fourth-order valence-corrected chi connectivity index (χ4v) is 1.61. The van der Waals surface area contributed by atoms with Crippen LogP contribution in [0.15, 0.2) is 28.7 Å². The lowest BCUT2D eigenvalue weighted by Crippen LogP contribution is -2.43. The van der Waals surface area contributed by atoms with E-state index in [1.165, 1.54) is 0 Å². The number of esters is 1. The number of nitrogens with two attached hydrogens (primary N) is 1. The van der Waals surface area contributed by atoms with Crippen LogP contribution in [0, 0.1) is 5.41 Å². The lowest BCUT2D eigenvalue weighted by molar-refractivity contribution is -0.149. The molecule has 0 aliphatic heterocycles. The van der Waals surface area contributed by atoms with Gasteiger partial charge < -0.3 is 10.5 Å². The number of carbonyl (C=O) groups excluding carboxylic acids is 1. The van der Waals surface area contributed by atoms with Crippen molar-refractivity contribution in [1.82, 2.24) is 0 Å². The van der Waals surface area contributed by atoms with Gasteiger partial charge in [-0.1, -0.05) is 54.9 Å². The van der Waals surface area contributed by atoms with Crippen LogP contribution in [-0.4, -0.2) is 12.0 Å². The average Bonchev–Trinajstić information content (AvgIpc) is 2.25. The van der Waals surface area contributed by atoms with Gasteiger partial charge in [0.2, 0.25) is 0 Å². The van der Waals surface area contributed by atoms with Crippen molar-refractivity contribution in [2.24, 2.45) is 11.1 Å². The van der Waals surface area contributed by atoms with Gasteiger partial charge in [-0.3, -0.25) is 4.79 Å². The number of benzene rings is 1. The lowest BCUT2D eigenvalue weighted by Gasteiger charge is -2.25. The molecule has 0 saturated heterocycles. The van der Waals surface area contributed by atoms with Gasteiger partial charge in [-0.15, -0.1) is 0 Å². The number of halogens is 1. The molecule has 0 bridgehead atoms. The molecule has 0 aliphatic rings. The molecule has 0 aromatic heterocycles. The molecule has 1 aromatic carbocycles. The summed E-state index contributed by atoms with van der Waals surface area (Å²) in [4.78, 5) is 11.7. The summed E-state index contributed by atoms with van der Waals surface area (Å²) < 4.78 is 6.13. The van der Waals surface area contributed by atoms with E-state index in [-0.39, 0.29) is 18.0 Å². The summed E-state index contributed by atoms with van der Waals surface area (Å²) in [5.74, 6) is -0.367. The second-order valence-electron chi connectivity index (χ2n) is 5.04. The van der Waals surface area contributed by atoms with E-state index >= 15 is 0 Å². The van der Waals surface area contributed by atoms with Crippen LogP contribution in [0.5, 0.6) is 0 Å². The largest absolute Gasteiger partial charge is 0.460 e. The summed E-state index contributed by atoms with van der Waals surface area (Å²) in [6.07, 6.45) is 0. The third kappa shape index (κ3) is 4.13. The molecule has 1 aromatic rings. The molecular weight excluding hydrogens is 282 g/mol. The van der Waals surface area contributed by atoms with E-state index < -0.39 is 6.04 Å². The molecule has 0 amide bonds. The van der Waals surface area contributed by atoms with Gasteiger partial charge in [-0.25, -0.2) is 0 Å². The van der Waals surface area contributed by atoms with Crippen molar-refractivity contribution >= 4 is 21.9 Å². The highest BCUT2D eigenvalue weighted by Crippen LogP contribution is 2.20. The number of carbonyl (C=O) groups is 1. The first-order valence-corrected chi connectivity index (χ1v) is 6.27. The van der Waals surface area contributed by atoms with Crippen molar-refractivity contribution in [2.75, 3.05) is 0 Å². The normalized spacial score (nSPS) is 13.2. The fourth-order valence-electron chi connectivity index (χ4n) is 1.21. The van der Waals surface area contributed by atoms with Crippen LogP contribution in [0.1, 0.15) is 26.3 Å². The zero-order chi connectivity index (χ0) is 13.1. The molecule has 0 spiro atoms. The van der Waals surface area contributed by atoms with Gasteiger partial charge in [0.15, 0.2) is 0 Å². The van der Waals surface area contributed by atoms with E-state index in [2.05, 4.69) is 15.9 Å². The van der Waals surface area contributed by atoms with Crippen molar-refractivity contribution in [3.63, 3.8) is 0 Å². The minimum atomic E-state index is -0.606. The highest BCUT2D eigenvalue weighted by atomic mass is 79.9. The molecule has 0 fully saturated rings. The standard InChI is InChI=1S/C13H18BrNO2/c1-13(2,3)11(15)12(16)17-8-9-6-4-5-7-10(9)14/h4-7,11H,8,15H2,1-3H3/t11-/m0/s1. The van der Waals surface area contributed by atoms with Gasteiger partial charge in [0.25, 0.3) is 0 Å². The van der Waals surface area contributed by atoms with Crippen LogP contribution < -0.4 is 5.73 Å². The minimum Gasteiger partial charge on any atom is -0.460 e. The van der Waals surface area contributed by atoms with Crippen LogP contribution in [0.25, 0.3) is 0 Å².